The number of aliphatic imine (C=N–C) groups is 1. The van der Waals surface area contributed by atoms with Crippen molar-refractivity contribution in [2.75, 3.05) is 13.1 Å². The summed E-state index contributed by atoms with van der Waals surface area (Å²) in [5.74, 6) is 0.458. The Kier molecular flexibility index (Phi) is 14.2. The van der Waals surface area contributed by atoms with Crippen LogP contribution in [0.1, 0.15) is 68.3 Å². The smallest absolute Gasteiger partial charge is 0.251 e. The number of rotatable bonds is 11. The first-order chi connectivity index (χ1) is 11.7. The second-order valence-electron chi connectivity index (χ2n) is 6.00. The molecule has 25 heavy (non-hydrogen) atoms. The van der Waals surface area contributed by atoms with Gasteiger partial charge in [-0.15, -0.1) is 24.0 Å². The Bertz CT molecular complexity index is 503. The highest BCUT2D eigenvalue weighted by Crippen LogP contribution is 2.06. The molecule has 0 heterocycles. The average Bonchev–Trinajstić information content (AvgIpc) is 2.60. The zero-order valence-corrected chi connectivity index (χ0v) is 17.8. The number of nitrogens with two attached hydrogens (primary N) is 1. The highest BCUT2D eigenvalue weighted by Gasteiger charge is 2.04. The molecule has 0 aliphatic rings. The van der Waals surface area contributed by atoms with Crippen molar-refractivity contribution in [3.05, 3.63) is 35.4 Å². The number of carbonyl (C=O) groups excluding carboxylic acids is 1. The number of amides is 1. The van der Waals surface area contributed by atoms with E-state index in [-0.39, 0.29) is 29.9 Å². The third-order valence-electron chi connectivity index (χ3n) is 3.80. The molecule has 0 atom stereocenters. The van der Waals surface area contributed by atoms with Crippen LogP contribution in [-0.4, -0.2) is 25.0 Å². The van der Waals surface area contributed by atoms with E-state index in [9.17, 15) is 4.79 Å². The number of nitrogens with zero attached hydrogens (tertiary/aromatic N) is 1. The first-order valence-electron chi connectivity index (χ1n) is 9.08. The fourth-order valence-corrected chi connectivity index (χ4v) is 2.24. The molecule has 0 aliphatic carbocycles. The van der Waals surface area contributed by atoms with Gasteiger partial charge in [-0.1, -0.05) is 51.7 Å². The van der Waals surface area contributed by atoms with Crippen LogP contribution < -0.4 is 16.4 Å². The van der Waals surface area contributed by atoms with Crippen LogP contribution in [-0.2, 0) is 6.54 Å². The first kappa shape index (κ1) is 23.7. The van der Waals surface area contributed by atoms with Gasteiger partial charge in [-0.2, -0.15) is 0 Å². The van der Waals surface area contributed by atoms with Crippen molar-refractivity contribution in [3.63, 3.8) is 0 Å². The van der Waals surface area contributed by atoms with Gasteiger partial charge in [-0.3, -0.25) is 4.79 Å². The number of guanidine groups is 1. The summed E-state index contributed by atoms with van der Waals surface area (Å²) in [4.78, 5) is 16.3. The molecule has 6 heteroatoms. The van der Waals surface area contributed by atoms with Crippen LogP contribution in [0.4, 0.5) is 0 Å². The van der Waals surface area contributed by atoms with Gasteiger partial charge < -0.3 is 16.4 Å². The highest BCUT2D eigenvalue weighted by molar-refractivity contribution is 14.0. The predicted molar refractivity (Wildman–Crippen MR) is 117 cm³/mol. The topological polar surface area (TPSA) is 79.5 Å². The normalized spacial score (nSPS) is 10.9. The first-order valence-corrected chi connectivity index (χ1v) is 9.08. The number of benzene rings is 1. The molecule has 0 bridgehead atoms. The van der Waals surface area contributed by atoms with E-state index < -0.39 is 0 Å². The molecule has 1 amide bonds. The van der Waals surface area contributed by atoms with E-state index >= 15 is 0 Å². The third kappa shape index (κ3) is 11.0. The molecule has 0 aliphatic heterocycles. The van der Waals surface area contributed by atoms with Crippen LogP contribution >= 0.6 is 24.0 Å². The average molecular weight is 460 g/mol. The quantitative estimate of drug-likeness (QED) is 0.203. The van der Waals surface area contributed by atoms with E-state index in [1.807, 2.05) is 24.3 Å². The van der Waals surface area contributed by atoms with E-state index in [1.165, 1.54) is 19.3 Å². The lowest BCUT2D eigenvalue weighted by Crippen LogP contribution is -2.32. The van der Waals surface area contributed by atoms with Crippen molar-refractivity contribution >= 4 is 35.8 Å². The fourth-order valence-electron chi connectivity index (χ4n) is 2.24. The van der Waals surface area contributed by atoms with Crippen molar-refractivity contribution in [2.24, 2.45) is 10.7 Å². The van der Waals surface area contributed by atoms with Gasteiger partial charge in [0.05, 0.1) is 6.54 Å². The molecular formula is C19H33IN4O. The molecule has 1 rings (SSSR count). The molecule has 0 unspecified atom stereocenters. The number of hydrogen-bond acceptors (Lipinski definition) is 2. The van der Waals surface area contributed by atoms with E-state index in [4.69, 9.17) is 5.73 Å². The number of unbranched alkanes of at least 4 members (excludes halogenated alkanes) is 4. The Labute approximate surface area is 169 Å². The third-order valence-corrected chi connectivity index (χ3v) is 3.80. The Morgan fingerprint density at radius 3 is 2.24 bits per heavy atom. The molecule has 5 nitrogen and oxygen atoms in total. The summed E-state index contributed by atoms with van der Waals surface area (Å²) in [6.07, 6.45) is 6.91. The molecule has 0 saturated carbocycles. The maximum Gasteiger partial charge on any atom is 0.251 e. The van der Waals surface area contributed by atoms with Crippen molar-refractivity contribution in [1.82, 2.24) is 10.6 Å². The zero-order valence-electron chi connectivity index (χ0n) is 15.5. The van der Waals surface area contributed by atoms with Crippen LogP contribution in [0.5, 0.6) is 0 Å². The van der Waals surface area contributed by atoms with Gasteiger partial charge in [-0.05, 0) is 30.5 Å². The van der Waals surface area contributed by atoms with Crippen LogP contribution in [0.3, 0.4) is 0 Å². The number of nitrogens with one attached hydrogen (secondary N) is 2. The van der Waals surface area contributed by atoms with E-state index in [0.717, 1.165) is 37.9 Å². The molecular weight excluding hydrogens is 427 g/mol. The minimum atomic E-state index is -0.0215. The number of halogens is 1. The van der Waals surface area contributed by atoms with Gasteiger partial charge in [-0.25, -0.2) is 4.99 Å². The van der Waals surface area contributed by atoms with Gasteiger partial charge in [0.25, 0.3) is 5.91 Å². The number of carbonyl (C=O) groups is 1. The van der Waals surface area contributed by atoms with E-state index in [1.54, 1.807) is 0 Å². The Morgan fingerprint density at radius 1 is 0.960 bits per heavy atom. The standard InChI is InChI=1S/C19H32N4O.HI/c1-3-5-7-8-14-22-19(20)23-15-16-9-11-17(12-10-16)18(24)21-13-6-4-2;/h9-12H,3-8,13-15H2,1-2H3,(H,21,24)(H3,20,22,23);1H. The summed E-state index contributed by atoms with van der Waals surface area (Å²) in [6, 6.07) is 7.51. The Balaban J connectivity index is 0.00000576. The van der Waals surface area contributed by atoms with Crippen LogP contribution in [0.25, 0.3) is 0 Å². The van der Waals surface area contributed by atoms with Crippen LogP contribution in [0, 0.1) is 0 Å². The monoisotopic (exact) mass is 460 g/mol. The summed E-state index contributed by atoms with van der Waals surface area (Å²) in [7, 11) is 0. The van der Waals surface area contributed by atoms with Gasteiger partial charge >= 0.3 is 0 Å². The summed E-state index contributed by atoms with van der Waals surface area (Å²) in [5.41, 5.74) is 7.58. The van der Waals surface area contributed by atoms with Crippen molar-refractivity contribution < 1.29 is 4.79 Å². The SMILES string of the molecule is CCCCCCNC(N)=NCc1ccc(C(=O)NCCCC)cc1.I. The maximum atomic E-state index is 11.9. The number of hydrogen-bond donors (Lipinski definition) is 3. The van der Waals surface area contributed by atoms with E-state index in [2.05, 4.69) is 29.5 Å². The van der Waals surface area contributed by atoms with E-state index in [0.29, 0.717) is 18.1 Å². The molecule has 0 aromatic heterocycles. The second-order valence-corrected chi connectivity index (χ2v) is 6.00. The maximum absolute atomic E-state index is 11.9. The summed E-state index contributed by atoms with van der Waals surface area (Å²) in [5, 5.41) is 6.04. The Morgan fingerprint density at radius 2 is 1.60 bits per heavy atom. The Hall–Kier alpha value is -1.31. The molecule has 142 valence electrons. The molecule has 4 N–H and O–H groups in total. The second kappa shape index (κ2) is 15.0. The van der Waals surface area contributed by atoms with Gasteiger partial charge in [0.2, 0.25) is 0 Å². The van der Waals surface area contributed by atoms with Crippen molar-refractivity contribution in [2.45, 2.75) is 58.9 Å². The summed E-state index contributed by atoms with van der Waals surface area (Å²) in [6.45, 7) is 6.41. The van der Waals surface area contributed by atoms with Crippen molar-refractivity contribution in [3.8, 4) is 0 Å². The van der Waals surface area contributed by atoms with Crippen LogP contribution in [0.15, 0.2) is 29.3 Å². The van der Waals surface area contributed by atoms with Crippen molar-refractivity contribution in [1.29, 1.82) is 0 Å². The molecule has 0 saturated heterocycles. The highest BCUT2D eigenvalue weighted by atomic mass is 127. The molecule has 0 fully saturated rings. The summed E-state index contributed by atoms with van der Waals surface area (Å²) < 4.78 is 0. The molecule has 0 radical (unpaired) electrons. The minimum absolute atomic E-state index is 0. The lowest BCUT2D eigenvalue weighted by atomic mass is 10.1. The van der Waals surface area contributed by atoms with Crippen LogP contribution in [0.2, 0.25) is 0 Å². The summed E-state index contributed by atoms with van der Waals surface area (Å²) >= 11 is 0. The molecule has 1 aromatic carbocycles. The fraction of sp³-hybridized carbons (Fsp3) is 0.579. The lowest BCUT2D eigenvalue weighted by molar-refractivity contribution is 0.0953. The van der Waals surface area contributed by atoms with Gasteiger partial charge in [0.15, 0.2) is 5.96 Å². The predicted octanol–water partition coefficient (Wildman–Crippen LogP) is 3.82. The zero-order chi connectivity index (χ0) is 17.6. The van der Waals surface area contributed by atoms with Gasteiger partial charge in [0.1, 0.15) is 0 Å². The minimum Gasteiger partial charge on any atom is -0.370 e. The molecule has 1 aromatic rings. The lowest BCUT2D eigenvalue weighted by Gasteiger charge is -2.06. The van der Waals surface area contributed by atoms with Gasteiger partial charge in [0, 0.05) is 18.7 Å². The molecule has 0 spiro atoms. The largest absolute Gasteiger partial charge is 0.370 e.